The summed E-state index contributed by atoms with van der Waals surface area (Å²) in [5.74, 6) is 1.82. The molecule has 42 heavy (non-hydrogen) atoms. The van der Waals surface area contributed by atoms with E-state index in [9.17, 15) is 9.59 Å². The molecule has 222 valence electrons. The van der Waals surface area contributed by atoms with Gasteiger partial charge in [0.2, 0.25) is 11.9 Å². The molecule has 1 saturated heterocycles. The van der Waals surface area contributed by atoms with Crippen molar-refractivity contribution in [2.75, 3.05) is 45.6 Å². The van der Waals surface area contributed by atoms with Gasteiger partial charge in [-0.15, -0.1) is 5.10 Å². The highest BCUT2D eigenvalue weighted by atomic mass is 16.2. The van der Waals surface area contributed by atoms with Crippen molar-refractivity contribution in [3.05, 3.63) is 59.8 Å². The average Bonchev–Trinajstić information content (AvgIpc) is 3.44. The lowest BCUT2D eigenvalue weighted by molar-refractivity contribution is -0.136. The summed E-state index contributed by atoms with van der Waals surface area (Å²) in [5.41, 5.74) is 4.56. The van der Waals surface area contributed by atoms with Gasteiger partial charge in [-0.25, -0.2) is 4.52 Å². The van der Waals surface area contributed by atoms with E-state index in [1.807, 2.05) is 53.4 Å². The highest BCUT2D eigenvalue weighted by Crippen LogP contribution is 2.32. The molecule has 3 aliphatic rings. The number of hydrogen-bond acceptors (Lipinski definition) is 6. The van der Waals surface area contributed by atoms with Gasteiger partial charge in [-0.05, 0) is 113 Å². The van der Waals surface area contributed by atoms with Crippen LogP contribution in [0.1, 0.15) is 67.8 Å². The maximum Gasteiger partial charge on any atom is 0.253 e. The molecule has 6 rings (SSSR count). The molecule has 0 radical (unpaired) electrons. The summed E-state index contributed by atoms with van der Waals surface area (Å²) in [6.45, 7) is 5.73. The number of likely N-dealkylation sites (tertiary alicyclic amines) is 1. The van der Waals surface area contributed by atoms with Gasteiger partial charge in [-0.1, -0.05) is 13.0 Å². The number of nitrogens with zero attached hydrogens (tertiary/aromatic N) is 6. The highest BCUT2D eigenvalue weighted by molar-refractivity contribution is 5.94. The monoisotopic (exact) mass is 569 g/mol. The molecule has 1 N–H and O–H groups in total. The molecule has 1 saturated carbocycles. The van der Waals surface area contributed by atoms with Gasteiger partial charge >= 0.3 is 0 Å². The molecule has 1 aromatic carbocycles. The van der Waals surface area contributed by atoms with Crippen LogP contribution in [0, 0.1) is 11.8 Å². The van der Waals surface area contributed by atoms with Crippen LogP contribution in [-0.4, -0.2) is 87.4 Å². The number of piperidine rings is 1. The van der Waals surface area contributed by atoms with Crippen molar-refractivity contribution in [3.8, 4) is 0 Å². The molecule has 9 heteroatoms. The van der Waals surface area contributed by atoms with E-state index in [1.165, 1.54) is 5.57 Å². The summed E-state index contributed by atoms with van der Waals surface area (Å²) in [4.78, 5) is 37.2. The van der Waals surface area contributed by atoms with Gasteiger partial charge < -0.3 is 20.0 Å². The van der Waals surface area contributed by atoms with E-state index >= 15 is 0 Å². The molecule has 0 unspecified atom stereocenters. The van der Waals surface area contributed by atoms with Gasteiger partial charge in [-0.3, -0.25) is 9.59 Å². The zero-order chi connectivity index (χ0) is 29.2. The third kappa shape index (κ3) is 6.07. The molecule has 2 amide bonds. The molecule has 1 aliphatic carbocycles. The molecule has 4 heterocycles. The van der Waals surface area contributed by atoms with Gasteiger partial charge in [0.05, 0.1) is 0 Å². The van der Waals surface area contributed by atoms with E-state index in [0.29, 0.717) is 24.0 Å². The molecule has 0 atom stereocenters. The summed E-state index contributed by atoms with van der Waals surface area (Å²) >= 11 is 0. The minimum atomic E-state index is 0.0564. The first-order valence-corrected chi connectivity index (χ1v) is 15.5. The molecule has 9 nitrogen and oxygen atoms in total. The fourth-order valence-corrected chi connectivity index (χ4v) is 6.67. The predicted octanol–water partition coefficient (Wildman–Crippen LogP) is 5.08. The molecule has 2 aromatic heterocycles. The van der Waals surface area contributed by atoms with Gasteiger partial charge in [0.25, 0.3) is 5.91 Å². The second-order valence-corrected chi connectivity index (χ2v) is 12.5. The van der Waals surface area contributed by atoms with Gasteiger partial charge in [0.15, 0.2) is 5.65 Å². The van der Waals surface area contributed by atoms with Gasteiger partial charge in [0.1, 0.15) is 0 Å². The van der Waals surface area contributed by atoms with E-state index in [-0.39, 0.29) is 17.9 Å². The summed E-state index contributed by atoms with van der Waals surface area (Å²) in [6.07, 6.45) is 11.3. The van der Waals surface area contributed by atoms with Crippen LogP contribution in [0.5, 0.6) is 0 Å². The predicted molar refractivity (Wildman–Crippen MR) is 166 cm³/mol. The first kappa shape index (κ1) is 28.4. The van der Waals surface area contributed by atoms with E-state index in [1.54, 1.807) is 4.52 Å². The Morgan fingerprint density at radius 1 is 0.976 bits per heavy atom. The Morgan fingerprint density at radius 2 is 1.71 bits per heavy atom. The number of nitrogens with one attached hydrogen (secondary N) is 1. The van der Waals surface area contributed by atoms with E-state index in [0.717, 1.165) is 87.4 Å². The van der Waals surface area contributed by atoms with Crippen LogP contribution in [0.25, 0.3) is 11.2 Å². The first-order chi connectivity index (χ1) is 20.4. The molecule has 0 spiro atoms. The number of amides is 2. The molecular weight excluding hydrogens is 526 g/mol. The van der Waals surface area contributed by atoms with Crippen LogP contribution >= 0.6 is 0 Å². The number of carbonyl (C=O) groups excluding carboxylic acids is 2. The third-order valence-electron chi connectivity index (χ3n) is 9.54. The van der Waals surface area contributed by atoms with E-state index in [4.69, 9.17) is 4.98 Å². The quantitative estimate of drug-likeness (QED) is 0.446. The van der Waals surface area contributed by atoms with Gasteiger partial charge in [0, 0.05) is 55.1 Å². The second-order valence-electron chi connectivity index (χ2n) is 12.5. The zero-order valence-electron chi connectivity index (χ0n) is 25.1. The largest absolute Gasteiger partial charge is 0.339 e. The van der Waals surface area contributed by atoms with Crippen LogP contribution in [0.2, 0.25) is 0 Å². The number of fused-ring (bicyclic) bond motifs is 1. The van der Waals surface area contributed by atoms with E-state index in [2.05, 4.69) is 41.4 Å². The van der Waals surface area contributed by atoms with Crippen LogP contribution < -0.4 is 5.32 Å². The summed E-state index contributed by atoms with van der Waals surface area (Å²) < 4.78 is 1.80. The fourth-order valence-electron chi connectivity index (χ4n) is 6.67. The molecule has 0 bridgehead atoms. The summed E-state index contributed by atoms with van der Waals surface area (Å²) in [6, 6.07) is 11.9. The topological polar surface area (TPSA) is 86.1 Å². The Morgan fingerprint density at radius 3 is 2.40 bits per heavy atom. The minimum Gasteiger partial charge on any atom is -0.339 e. The van der Waals surface area contributed by atoms with Crippen molar-refractivity contribution >= 4 is 34.7 Å². The maximum absolute atomic E-state index is 13.1. The second kappa shape index (κ2) is 12.3. The number of pyridine rings is 1. The number of hydrogen-bond donors (Lipinski definition) is 1. The lowest BCUT2D eigenvalue weighted by atomic mass is 9.82. The van der Waals surface area contributed by atoms with Crippen molar-refractivity contribution < 1.29 is 9.59 Å². The Hall–Kier alpha value is -3.72. The molecular formula is C33H43N7O2. The molecule has 2 fully saturated rings. The smallest absolute Gasteiger partial charge is 0.253 e. The number of anilines is 2. The zero-order valence-corrected chi connectivity index (χ0v) is 25.1. The number of benzene rings is 1. The number of aromatic nitrogens is 3. The Balaban J connectivity index is 1.10. The van der Waals surface area contributed by atoms with Gasteiger partial charge in [-0.2, -0.15) is 4.98 Å². The minimum absolute atomic E-state index is 0.0564. The Labute approximate surface area is 248 Å². The normalized spacial score (nSPS) is 22.2. The summed E-state index contributed by atoms with van der Waals surface area (Å²) in [7, 11) is 4.04. The SMILES string of the molecule is CN1CCC(N(C)C(=O)c2ccc(Nc3nc4c(C5=CCN(C(=O)[C@H]6CC[C@H](C)CC6)CC5)cccn4n3)cc2)CC1. The maximum atomic E-state index is 13.1. The standard InChI is InChI=1S/C33H43N7O2/c1-23-6-8-26(9-7-23)32(42)39-21-14-24(15-22-39)29-5-4-18-40-30(29)35-33(36-40)34-27-12-10-25(11-13-27)31(41)38(3)28-16-19-37(2)20-17-28/h4-5,10-14,18,23,26,28H,6-9,15-17,19-22H2,1-3H3,(H,34,36)/t23-,26-. The molecule has 2 aliphatic heterocycles. The average molecular weight is 570 g/mol. The van der Waals surface area contributed by atoms with Crippen molar-refractivity contribution in [1.29, 1.82) is 0 Å². The fraction of sp³-hybridized carbons (Fsp3) is 0.515. The summed E-state index contributed by atoms with van der Waals surface area (Å²) in [5, 5.41) is 7.95. The van der Waals surface area contributed by atoms with Crippen LogP contribution in [0.15, 0.2) is 48.7 Å². The van der Waals surface area contributed by atoms with Crippen LogP contribution in [0.3, 0.4) is 0 Å². The number of carbonyl (C=O) groups is 2. The van der Waals surface area contributed by atoms with Crippen molar-refractivity contribution in [2.45, 2.75) is 57.9 Å². The number of rotatable bonds is 6. The molecule has 3 aromatic rings. The van der Waals surface area contributed by atoms with Crippen molar-refractivity contribution in [2.24, 2.45) is 11.8 Å². The Kier molecular flexibility index (Phi) is 8.29. The van der Waals surface area contributed by atoms with Crippen molar-refractivity contribution in [1.82, 2.24) is 29.3 Å². The highest BCUT2D eigenvalue weighted by Gasteiger charge is 2.29. The van der Waals surface area contributed by atoms with Crippen LogP contribution in [0.4, 0.5) is 11.6 Å². The lowest BCUT2D eigenvalue weighted by Gasteiger charge is -2.35. The third-order valence-corrected chi connectivity index (χ3v) is 9.54. The van der Waals surface area contributed by atoms with Crippen molar-refractivity contribution in [3.63, 3.8) is 0 Å². The van der Waals surface area contributed by atoms with E-state index < -0.39 is 0 Å². The Bertz CT molecular complexity index is 1450. The first-order valence-electron chi connectivity index (χ1n) is 15.5. The van der Waals surface area contributed by atoms with Crippen LogP contribution in [-0.2, 0) is 4.79 Å². The lowest BCUT2D eigenvalue weighted by Crippen LogP contribution is -2.44.